The molecule has 0 aliphatic carbocycles. The molecule has 3 nitrogen and oxygen atoms in total. The van der Waals surface area contributed by atoms with Crippen molar-refractivity contribution in [3.05, 3.63) is 72.3 Å². The highest BCUT2D eigenvalue weighted by Gasteiger charge is 2.18. The molecule has 0 amide bonds. The van der Waals surface area contributed by atoms with E-state index in [2.05, 4.69) is 6.58 Å². The highest BCUT2D eigenvalue weighted by molar-refractivity contribution is 6.01. The molecule has 1 fully saturated rings. The van der Waals surface area contributed by atoms with E-state index in [0.717, 1.165) is 24.5 Å². The maximum Gasteiger partial charge on any atom is 0.0190 e. The smallest absolute Gasteiger partial charge is 0.0190 e. The Morgan fingerprint density at radius 2 is 2.00 bits per heavy atom. The summed E-state index contributed by atoms with van der Waals surface area (Å²) >= 11 is 0. The fourth-order valence-corrected chi connectivity index (χ4v) is 2.15. The molecule has 1 aliphatic heterocycles. The van der Waals surface area contributed by atoms with Gasteiger partial charge in [0, 0.05) is 5.96 Å². The summed E-state index contributed by atoms with van der Waals surface area (Å²) in [4.78, 5) is 3.80. The van der Waals surface area contributed by atoms with Gasteiger partial charge >= 0.3 is 0 Å². The molecule has 1 heterocycles. The molecule has 0 aromatic heterocycles. The van der Waals surface area contributed by atoms with Crippen molar-refractivity contribution in [2.45, 2.75) is 6.92 Å². The van der Waals surface area contributed by atoms with Crippen LogP contribution >= 0.6 is 0 Å². The second-order valence-corrected chi connectivity index (χ2v) is 4.25. The first kappa shape index (κ1) is 13.1. The molecule has 0 bridgehead atoms. The van der Waals surface area contributed by atoms with Gasteiger partial charge in [-0.2, -0.15) is 0 Å². The van der Waals surface area contributed by atoms with Gasteiger partial charge in [0.15, 0.2) is 0 Å². The van der Waals surface area contributed by atoms with Crippen LogP contribution in [0.1, 0.15) is 6.92 Å². The van der Waals surface area contributed by atoms with E-state index in [4.69, 9.17) is 0 Å². The zero-order chi connectivity index (χ0) is 13.7. The predicted molar refractivity (Wildman–Crippen MR) is 82.0 cm³/mol. The van der Waals surface area contributed by atoms with Gasteiger partial charge in [-0.3, -0.25) is 0 Å². The molecule has 0 atom stereocenters. The molecule has 98 valence electrons. The molecule has 2 rings (SSSR count). The van der Waals surface area contributed by atoms with Crippen molar-refractivity contribution < 1.29 is 0 Å². The van der Waals surface area contributed by atoms with Crippen LogP contribution in [0.3, 0.4) is 0 Å². The largest absolute Gasteiger partial charge is 0.397 e. The number of hydrogen-bond acceptors (Lipinski definition) is 0. The predicted octanol–water partition coefficient (Wildman–Crippen LogP) is 3.38. The number of rotatable bonds is 4. The summed E-state index contributed by atoms with van der Waals surface area (Å²) < 4.78 is 0. The van der Waals surface area contributed by atoms with Gasteiger partial charge in [-0.25, -0.2) is 0 Å². The molecule has 3 heteroatoms. The van der Waals surface area contributed by atoms with Gasteiger partial charge in [0.2, 0.25) is 0 Å². The summed E-state index contributed by atoms with van der Waals surface area (Å²) in [5.41, 5.74) is 1.97. The molecule has 0 radical (unpaired) electrons. The van der Waals surface area contributed by atoms with Crippen molar-refractivity contribution in [3.8, 4) is 0 Å². The molecule has 0 saturated carbocycles. The number of benzene rings is 1. The van der Waals surface area contributed by atoms with Crippen molar-refractivity contribution in [1.82, 2.24) is 4.90 Å². The molecule has 19 heavy (non-hydrogen) atoms. The third-order valence-electron chi connectivity index (χ3n) is 3.11. The Kier molecular flexibility index (Phi) is 4.18. The third-order valence-corrected chi connectivity index (χ3v) is 3.11. The summed E-state index contributed by atoms with van der Waals surface area (Å²) in [6, 6.07) is 9.90. The molecule has 1 saturated heterocycles. The van der Waals surface area contributed by atoms with Crippen LogP contribution in [0, 0.1) is 0 Å². The van der Waals surface area contributed by atoms with Crippen LogP contribution < -0.4 is 4.90 Å². The van der Waals surface area contributed by atoms with Crippen LogP contribution in [0.5, 0.6) is 0 Å². The standard InChI is InChI=1S/C16H18N3/c1-3-5-9-14(4-2)18-12-13-19(16(18)17)15-10-7-6-8-11-15/h3-11H,1,12-13H2,2H3/q-1/b9-5-,14-4+. The Morgan fingerprint density at radius 1 is 1.26 bits per heavy atom. The third kappa shape index (κ3) is 2.76. The number of anilines is 1. The average Bonchev–Trinajstić information content (AvgIpc) is 2.83. The van der Waals surface area contributed by atoms with Gasteiger partial charge in [-0.1, -0.05) is 61.2 Å². The Bertz CT molecular complexity index is 514. The van der Waals surface area contributed by atoms with E-state index >= 15 is 0 Å². The van der Waals surface area contributed by atoms with E-state index in [1.54, 1.807) is 6.08 Å². The SMILES string of the molecule is C=C/C=C\C(=C/C)N1CCN(c2ccccc2)C1=[N-]. The molecule has 1 aromatic carbocycles. The number of para-hydroxylation sites is 1. The molecule has 0 N–H and O–H groups in total. The lowest BCUT2D eigenvalue weighted by atomic mass is 10.3. The molecular formula is C16H18N3-. The Morgan fingerprint density at radius 3 is 2.63 bits per heavy atom. The fourth-order valence-electron chi connectivity index (χ4n) is 2.15. The summed E-state index contributed by atoms with van der Waals surface area (Å²) in [6.07, 6.45) is 7.52. The average molecular weight is 252 g/mol. The van der Waals surface area contributed by atoms with Gasteiger partial charge in [0.1, 0.15) is 0 Å². The van der Waals surface area contributed by atoms with Crippen LogP contribution in [-0.2, 0) is 0 Å². The van der Waals surface area contributed by atoms with Crippen LogP contribution in [0.15, 0.2) is 66.9 Å². The van der Waals surface area contributed by atoms with E-state index in [9.17, 15) is 5.41 Å². The van der Waals surface area contributed by atoms with Gasteiger partial charge < -0.3 is 15.2 Å². The van der Waals surface area contributed by atoms with Crippen LogP contribution in [0.25, 0.3) is 5.41 Å². The minimum absolute atomic E-state index is 0.271. The van der Waals surface area contributed by atoms with Crippen LogP contribution in [0.2, 0.25) is 0 Å². The molecular weight excluding hydrogens is 234 g/mol. The number of nitrogens with zero attached hydrogens (tertiary/aromatic N) is 3. The minimum atomic E-state index is 0.271. The monoisotopic (exact) mass is 252 g/mol. The second kappa shape index (κ2) is 6.05. The highest BCUT2D eigenvalue weighted by atomic mass is 15.4. The zero-order valence-corrected chi connectivity index (χ0v) is 11.2. The normalized spacial score (nSPS) is 16.5. The lowest BCUT2D eigenvalue weighted by Crippen LogP contribution is -2.31. The topological polar surface area (TPSA) is 28.8 Å². The number of allylic oxidation sites excluding steroid dienone is 4. The molecule has 0 spiro atoms. The number of hydrogen-bond donors (Lipinski definition) is 0. The quantitative estimate of drug-likeness (QED) is 0.769. The molecule has 1 aromatic rings. The van der Waals surface area contributed by atoms with Crippen molar-refractivity contribution in [3.63, 3.8) is 0 Å². The first-order chi connectivity index (χ1) is 9.27. The van der Waals surface area contributed by atoms with Gasteiger partial charge in [-0.15, -0.1) is 0 Å². The minimum Gasteiger partial charge on any atom is -0.397 e. The zero-order valence-electron chi connectivity index (χ0n) is 11.2. The molecule has 1 aliphatic rings. The van der Waals surface area contributed by atoms with Gasteiger partial charge in [0.25, 0.3) is 0 Å². The second-order valence-electron chi connectivity index (χ2n) is 4.25. The Hall–Kier alpha value is -2.29. The summed E-state index contributed by atoms with van der Waals surface area (Å²) in [5.74, 6) is 0.271. The number of guanidine groups is 1. The summed E-state index contributed by atoms with van der Waals surface area (Å²) in [7, 11) is 0. The van der Waals surface area contributed by atoms with Crippen LogP contribution in [0.4, 0.5) is 5.69 Å². The Labute approximate surface area is 114 Å². The van der Waals surface area contributed by atoms with E-state index < -0.39 is 0 Å². The maximum atomic E-state index is 10.4. The van der Waals surface area contributed by atoms with Gasteiger partial charge in [-0.05, 0) is 31.4 Å². The van der Waals surface area contributed by atoms with E-state index in [0.29, 0.717) is 0 Å². The highest BCUT2D eigenvalue weighted by Crippen LogP contribution is 2.22. The maximum absolute atomic E-state index is 10.4. The van der Waals surface area contributed by atoms with Crippen molar-refractivity contribution >= 4 is 11.6 Å². The van der Waals surface area contributed by atoms with Crippen molar-refractivity contribution in [1.29, 1.82) is 0 Å². The van der Waals surface area contributed by atoms with Crippen molar-refractivity contribution in [2.24, 2.45) is 0 Å². The fraction of sp³-hybridized carbons (Fsp3) is 0.188. The van der Waals surface area contributed by atoms with Crippen LogP contribution in [-0.4, -0.2) is 23.9 Å². The van der Waals surface area contributed by atoms with E-state index in [-0.39, 0.29) is 5.96 Å². The summed E-state index contributed by atoms with van der Waals surface area (Å²) in [5, 5.41) is 10.4. The first-order valence-corrected chi connectivity index (χ1v) is 6.39. The van der Waals surface area contributed by atoms with Crippen molar-refractivity contribution in [2.75, 3.05) is 18.0 Å². The van der Waals surface area contributed by atoms with E-state index in [1.165, 1.54) is 0 Å². The lowest BCUT2D eigenvalue weighted by molar-refractivity contribution is 0.590. The Balaban J connectivity index is 2.18. The summed E-state index contributed by atoms with van der Waals surface area (Å²) in [6.45, 7) is 7.16. The lowest BCUT2D eigenvalue weighted by Gasteiger charge is -2.31. The molecule has 0 unspecified atom stereocenters. The van der Waals surface area contributed by atoms with Gasteiger partial charge in [0.05, 0.1) is 0 Å². The first-order valence-electron chi connectivity index (χ1n) is 6.39. The van der Waals surface area contributed by atoms with E-state index in [1.807, 2.05) is 65.3 Å².